The average Bonchev–Trinajstić information content (AvgIpc) is 3.65. The van der Waals surface area contributed by atoms with E-state index in [9.17, 15) is 8.78 Å². The summed E-state index contributed by atoms with van der Waals surface area (Å²) in [7, 11) is 0. The van der Waals surface area contributed by atoms with Crippen molar-refractivity contribution in [3.63, 3.8) is 0 Å². The van der Waals surface area contributed by atoms with Gasteiger partial charge in [-0.1, -0.05) is 11.3 Å². The van der Waals surface area contributed by atoms with E-state index in [1.54, 1.807) is 0 Å². The molecule has 4 atom stereocenters. The van der Waals surface area contributed by atoms with E-state index in [2.05, 4.69) is 25.1 Å². The van der Waals surface area contributed by atoms with E-state index in [-0.39, 0.29) is 62.1 Å². The molecule has 0 aliphatic carbocycles. The van der Waals surface area contributed by atoms with Gasteiger partial charge in [0.25, 0.3) is 0 Å². The van der Waals surface area contributed by atoms with Crippen LogP contribution < -0.4 is 20.7 Å². The van der Waals surface area contributed by atoms with Gasteiger partial charge in [0.1, 0.15) is 35.7 Å². The standard InChI is InChI=1S/C29H29F4N7OS/c30-14-9-29(6-1-7-39(29)11-14)13-41-28-37-23-18(26(38-28)40-12-15-2-3-16(40)10-35-15)8-20(32)21(22(23)33)17-4-5-19(31)25-24(17)36-27(34)42-25/h4-5,8,14-16,35H,1-3,6-7,9-13H2,(H2,34,36)/t14-,15+,16?,29+/m1/s1. The van der Waals surface area contributed by atoms with Crippen molar-refractivity contribution < 1.29 is 22.3 Å². The van der Waals surface area contributed by atoms with Gasteiger partial charge in [0.2, 0.25) is 0 Å². The first kappa shape index (κ1) is 26.3. The summed E-state index contributed by atoms with van der Waals surface area (Å²) in [5, 5.41) is 3.82. The molecule has 0 radical (unpaired) electrons. The normalized spacial score (nSPS) is 27.4. The number of aromatic nitrogens is 3. The minimum Gasteiger partial charge on any atom is -0.461 e. The first-order chi connectivity index (χ1) is 20.3. The molecule has 2 aromatic carbocycles. The zero-order chi connectivity index (χ0) is 28.7. The number of thiazole rings is 1. The van der Waals surface area contributed by atoms with Crippen molar-refractivity contribution in [2.75, 3.05) is 43.4 Å². The fourth-order valence-corrected chi connectivity index (χ4v) is 8.26. The quantitative estimate of drug-likeness (QED) is 0.316. The maximum absolute atomic E-state index is 16.5. The number of halogens is 4. The van der Waals surface area contributed by atoms with Crippen LogP contribution in [0.15, 0.2) is 18.2 Å². The number of nitrogens with one attached hydrogen (secondary N) is 1. The number of hydrogen-bond donors (Lipinski definition) is 2. The largest absolute Gasteiger partial charge is 0.461 e. The van der Waals surface area contributed by atoms with Gasteiger partial charge in [0.15, 0.2) is 10.9 Å². The van der Waals surface area contributed by atoms with E-state index in [4.69, 9.17) is 15.5 Å². The molecule has 0 amide bonds. The van der Waals surface area contributed by atoms with Crippen LogP contribution in [0.5, 0.6) is 6.01 Å². The molecule has 1 unspecified atom stereocenters. The van der Waals surface area contributed by atoms with Crippen LogP contribution in [0.3, 0.4) is 0 Å². The van der Waals surface area contributed by atoms with Crippen molar-refractivity contribution in [1.29, 1.82) is 0 Å². The van der Waals surface area contributed by atoms with Crippen LogP contribution in [0, 0.1) is 17.5 Å². The summed E-state index contributed by atoms with van der Waals surface area (Å²) < 4.78 is 67.7. The molecule has 2 aromatic heterocycles. The Balaban J connectivity index is 1.28. The van der Waals surface area contributed by atoms with Crippen molar-refractivity contribution >= 4 is 43.4 Å². The van der Waals surface area contributed by atoms with E-state index in [0.29, 0.717) is 25.3 Å². The number of rotatable bonds is 5. The predicted molar refractivity (Wildman–Crippen MR) is 153 cm³/mol. The highest BCUT2D eigenvalue weighted by atomic mass is 32.1. The lowest BCUT2D eigenvalue weighted by molar-refractivity contribution is 0.107. The summed E-state index contributed by atoms with van der Waals surface area (Å²) in [6, 6.07) is 4.02. The number of piperidine rings is 2. The molecule has 5 aliphatic heterocycles. The summed E-state index contributed by atoms with van der Waals surface area (Å²) in [4.78, 5) is 17.6. The summed E-state index contributed by atoms with van der Waals surface area (Å²) >= 11 is 0.917. The molecule has 3 N–H and O–H groups in total. The Morgan fingerprint density at radius 3 is 2.76 bits per heavy atom. The van der Waals surface area contributed by atoms with Crippen LogP contribution >= 0.6 is 11.3 Å². The van der Waals surface area contributed by atoms with E-state index in [1.807, 2.05) is 0 Å². The highest BCUT2D eigenvalue weighted by molar-refractivity contribution is 7.22. The van der Waals surface area contributed by atoms with Crippen LogP contribution in [0.25, 0.3) is 32.2 Å². The summed E-state index contributed by atoms with van der Waals surface area (Å²) in [5.41, 5.74) is 5.09. The maximum Gasteiger partial charge on any atom is 0.319 e. The van der Waals surface area contributed by atoms with E-state index >= 15 is 8.78 Å². The van der Waals surface area contributed by atoms with Crippen LogP contribution in [0.4, 0.5) is 28.5 Å². The minimum absolute atomic E-state index is 0.0333. The number of nitrogens with two attached hydrogens (primary N) is 1. The number of piperazine rings is 1. The van der Waals surface area contributed by atoms with Gasteiger partial charge in [0.05, 0.1) is 21.3 Å². The lowest BCUT2D eigenvalue weighted by Crippen LogP contribution is -2.61. The van der Waals surface area contributed by atoms with Crippen molar-refractivity contribution in [2.45, 2.75) is 55.9 Å². The molecular formula is C29H29F4N7OS. The van der Waals surface area contributed by atoms with Crippen molar-refractivity contribution in [3.05, 3.63) is 35.7 Å². The van der Waals surface area contributed by atoms with Gasteiger partial charge in [-0.15, -0.1) is 0 Å². The molecule has 5 saturated heterocycles. The third kappa shape index (κ3) is 4.04. The van der Waals surface area contributed by atoms with E-state index in [1.165, 1.54) is 12.1 Å². The summed E-state index contributed by atoms with van der Waals surface area (Å²) in [6.07, 6.45) is 3.15. The molecule has 4 aromatic rings. The fourth-order valence-electron chi connectivity index (χ4n) is 7.50. The Kier molecular flexibility index (Phi) is 6.03. The molecule has 8 nitrogen and oxygen atoms in total. The minimum atomic E-state index is -0.923. The van der Waals surface area contributed by atoms with Crippen molar-refractivity contribution in [3.8, 4) is 17.1 Å². The molecule has 13 heteroatoms. The van der Waals surface area contributed by atoms with Crippen LogP contribution in [0.2, 0.25) is 0 Å². The first-order valence-corrected chi connectivity index (χ1v) is 15.2. The van der Waals surface area contributed by atoms with Crippen molar-refractivity contribution in [1.82, 2.24) is 25.2 Å². The van der Waals surface area contributed by atoms with E-state index in [0.717, 1.165) is 56.2 Å². The zero-order valence-electron chi connectivity index (χ0n) is 22.7. The Labute approximate surface area is 242 Å². The monoisotopic (exact) mass is 599 g/mol. The topological polar surface area (TPSA) is 92.4 Å². The second kappa shape index (κ2) is 9.61. The van der Waals surface area contributed by atoms with E-state index < -0.39 is 29.2 Å². The number of ether oxygens (including phenoxy) is 1. The average molecular weight is 600 g/mol. The molecule has 0 spiro atoms. The summed E-state index contributed by atoms with van der Waals surface area (Å²) in [5.74, 6) is -1.91. The third-order valence-electron chi connectivity index (χ3n) is 9.47. The van der Waals surface area contributed by atoms with Crippen molar-refractivity contribution in [2.24, 2.45) is 0 Å². The molecular weight excluding hydrogens is 570 g/mol. The first-order valence-electron chi connectivity index (χ1n) is 14.4. The van der Waals surface area contributed by atoms with Gasteiger partial charge in [-0.05, 0) is 50.4 Å². The Morgan fingerprint density at radius 2 is 1.98 bits per heavy atom. The number of alkyl halides is 1. The second-order valence-corrected chi connectivity index (χ2v) is 13.0. The summed E-state index contributed by atoms with van der Waals surface area (Å²) in [6.45, 7) is 2.74. The third-order valence-corrected chi connectivity index (χ3v) is 10.4. The zero-order valence-corrected chi connectivity index (χ0v) is 23.5. The molecule has 42 heavy (non-hydrogen) atoms. The second-order valence-electron chi connectivity index (χ2n) is 12.0. The smallest absolute Gasteiger partial charge is 0.319 e. The molecule has 9 rings (SSSR count). The van der Waals surface area contributed by atoms with Gasteiger partial charge < -0.3 is 20.7 Å². The molecule has 220 valence electrons. The Hall–Kier alpha value is -3.29. The highest BCUT2D eigenvalue weighted by Crippen LogP contribution is 2.43. The highest BCUT2D eigenvalue weighted by Gasteiger charge is 2.49. The SMILES string of the molecule is Nc1nc2c(-c3c(F)cc4c(N5C[C@@H]6CCC5CN6)nc(OC[C@@]56CCCN5C[C@H](F)C6)nc4c3F)ccc(F)c2s1. The maximum atomic E-state index is 16.5. The van der Waals surface area contributed by atoms with Gasteiger partial charge in [0, 0.05) is 49.1 Å². The Morgan fingerprint density at radius 1 is 1.10 bits per heavy atom. The van der Waals surface area contributed by atoms with Gasteiger partial charge >= 0.3 is 6.01 Å². The van der Waals surface area contributed by atoms with Gasteiger partial charge in [-0.3, -0.25) is 4.90 Å². The van der Waals surface area contributed by atoms with Crippen LogP contribution in [0.1, 0.15) is 32.1 Å². The van der Waals surface area contributed by atoms with Crippen LogP contribution in [-0.4, -0.2) is 76.4 Å². The fraction of sp³-hybridized carbons (Fsp3) is 0.483. The predicted octanol–water partition coefficient (Wildman–Crippen LogP) is 4.80. The molecule has 5 fully saturated rings. The lowest BCUT2D eigenvalue weighted by atomic mass is 9.92. The number of fused-ring (bicyclic) bond motifs is 6. The Bertz CT molecular complexity index is 1730. The lowest BCUT2D eigenvalue weighted by Gasteiger charge is -2.46. The molecule has 0 saturated carbocycles. The molecule has 7 heterocycles. The number of nitrogens with zero attached hydrogens (tertiary/aromatic N) is 5. The molecule has 5 aliphatic rings. The number of hydrogen-bond acceptors (Lipinski definition) is 9. The van der Waals surface area contributed by atoms with Gasteiger partial charge in [-0.25, -0.2) is 22.5 Å². The number of benzene rings is 2. The number of nitrogen functional groups attached to an aromatic ring is 1. The molecule has 2 bridgehead atoms. The number of anilines is 2. The van der Waals surface area contributed by atoms with Gasteiger partial charge in [-0.2, -0.15) is 9.97 Å². The van der Waals surface area contributed by atoms with Crippen LogP contribution in [-0.2, 0) is 0 Å².